The first-order chi connectivity index (χ1) is 19.7. The third-order valence-corrected chi connectivity index (χ3v) is 7.90. The molecule has 1 aromatic rings. The van der Waals surface area contributed by atoms with E-state index in [1.54, 1.807) is 35.0 Å². The minimum absolute atomic E-state index is 0.0204. The highest BCUT2D eigenvalue weighted by Crippen LogP contribution is 2.32. The van der Waals surface area contributed by atoms with Gasteiger partial charge in [0.05, 0.1) is 19.1 Å². The maximum absolute atomic E-state index is 13.2. The molecule has 9 heteroatoms. The van der Waals surface area contributed by atoms with Crippen LogP contribution in [0.4, 0.5) is 0 Å². The van der Waals surface area contributed by atoms with E-state index in [1.165, 1.54) is 0 Å². The summed E-state index contributed by atoms with van der Waals surface area (Å²) in [7, 11) is 3.31. The quantitative estimate of drug-likeness (QED) is 0.146. The molecule has 0 aromatic heterocycles. The van der Waals surface area contributed by atoms with Crippen LogP contribution in [0.3, 0.4) is 0 Å². The Bertz CT molecular complexity index is 977. The molecule has 0 saturated carbocycles. The zero-order valence-electron chi connectivity index (χ0n) is 27.4. The number of primary amides is 1. The lowest BCUT2D eigenvalue weighted by atomic mass is 9.82. The maximum atomic E-state index is 13.2. The van der Waals surface area contributed by atoms with Crippen molar-refractivity contribution in [2.45, 2.75) is 93.1 Å². The highest BCUT2D eigenvalue weighted by molar-refractivity contribution is 5.83. The van der Waals surface area contributed by atoms with Crippen LogP contribution in [0.2, 0.25) is 0 Å². The minimum Gasteiger partial charge on any atom is -0.493 e. The van der Waals surface area contributed by atoms with Crippen LogP contribution in [-0.2, 0) is 30.3 Å². The second kappa shape index (κ2) is 18.7. The number of hydrogen-bond donors (Lipinski definition) is 2. The monoisotopic (exact) mass is 592 g/mol. The zero-order chi connectivity index (χ0) is 31.9. The van der Waals surface area contributed by atoms with Gasteiger partial charge in [-0.1, -0.05) is 40.7 Å². The molecule has 3 atom stereocenters. The molecule has 0 aliphatic rings. The van der Waals surface area contributed by atoms with Crippen LogP contribution in [0.5, 0.6) is 11.5 Å². The third kappa shape index (κ3) is 13.0. The summed E-state index contributed by atoms with van der Waals surface area (Å²) < 4.78 is 22.5. The molecule has 0 aliphatic heterocycles. The van der Waals surface area contributed by atoms with Gasteiger partial charge in [0.2, 0.25) is 11.8 Å². The van der Waals surface area contributed by atoms with Crippen LogP contribution in [0, 0.1) is 29.1 Å². The van der Waals surface area contributed by atoms with Crippen molar-refractivity contribution in [1.82, 2.24) is 5.32 Å². The highest BCUT2D eigenvalue weighted by atomic mass is 16.5. The average Bonchev–Trinajstić information content (AvgIpc) is 2.94. The fourth-order valence-electron chi connectivity index (χ4n) is 4.71. The van der Waals surface area contributed by atoms with Crippen LogP contribution in [0.25, 0.3) is 0 Å². The van der Waals surface area contributed by atoms with Crippen molar-refractivity contribution in [2.24, 2.45) is 34.8 Å². The number of ether oxygens (including phenoxy) is 4. The molecule has 3 N–H and O–H groups in total. The topological polar surface area (TPSA) is 126 Å². The average molecular weight is 593 g/mol. The number of carbonyl (C=O) groups excluding carboxylic acids is 3. The normalized spacial score (nSPS) is 13.9. The Labute approximate surface area is 253 Å². The Morgan fingerprint density at radius 1 is 0.976 bits per heavy atom. The molecular weight excluding hydrogens is 536 g/mol. The first kappa shape index (κ1) is 37.2. The zero-order valence-corrected chi connectivity index (χ0v) is 27.4. The standard InChI is InChI=1S/C33H56N2O7/c1-10-30(36)42-26(20-27(23(4)5)31(37)35-21-33(6,7)32(34)38)14-13-25(22(2)3)18-24-12-15-28(40-9)29(19-24)41-17-11-16-39-8/h12,15,19,22-23,25-27H,10-11,13-14,16-18,20-21H2,1-9H3,(H2,34,38)(H,35,37)/t25-,26-,27+/m1/s1. The van der Waals surface area contributed by atoms with E-state index in [1.807, 2.05) is 26.0 Å². The van der Waals surface area contributed by atoms with Crippen molar-refractivity contribution in [2.75, 3.05) is 34.0 Å². The number of methoxy groups -OCH3 is 2. The molecule has 9 nitrogen and oxygen atoms in total. The summed E-state index contributed by atoms with van der Waals surface area (Å²) in [5, 5.41) is 2.90. The molecule has 0 spiro atoms. The van der Waals surface area contributed by atoms with Crippen molar-refractivity contribution < 1.29 is 33.3 Å². The van der Waals surface area contributed by atoms with Gasteiger partial charge in [0.25, 0.3) is 0 Å². The SMILES string of the molecule is CCC(=O)O[C@H](CC[C@H](Cc1ccc(OC)c(OCCCOC)c1)C(C)C)C[C@H](C(=O)NCC(C)(C)C(N)=O)C(C)C. The van der Waals surface area contributed by atoms with Crippen LogP contribution >= 0.6 is 0 Å². The van der Waals surface area contributed by atoms with E-state index in [-0.39, 0.29) is 36.7 Å². The Hall–Kier alpha value is -2.81. The molecule has 0 unspecified atom stereocenters. The third-order valence-electron chi connectivity index (χ3n) is 7.90. The van der Waals surface area contributed by atoms with Gasteiger partial charge in [-0.3, -0.25) is 14.4 Å². The Morgan fingerprint density at radius 3 is 2.21 bits per heavy atom. The summed E-state index contributed by atoms with van der Waals surface area (Å²) >= 11 is 0. The summed E-state index contributed by atoms with van der Waals surface area (Å²) in [5.74, 6) is 0.867. The number of nitrogens with two attached hydrogens (primary N) is 1. The number of amides is 2. The summed E-state index contributed by atoms with van der Waals surface area (Å²) in [4.78, 5) is 37.3. The number of carbonyl (C=O) groups is 3. The lowest BCUT2D eigenvalue weighted by Gasteiger charge is -2.29. The minimum atomic E-state index is -0.855. The Balaban J connectivity index is 3.02. The fraction of sp³-hybridized carbons (Fsp3) is 0.727. The largest absolute Gasteiger partial charge is 0.493 e. The van der Waals surface area contributed by atoms with Gasteiger partial charge < -0.3 is 30.0 Å². The molecule has 42 heavy (non-hydrogen) atoms. The molecule has 240 valence electrons. The van der Waals surface area contributed by atoms with Gasteiger partial charge >= 0.3 is 5.97 Å². The van der Waals surface area contributed by atoms with Gasteiger partial charge in [0, 0.05) is 39.0 Å². The summed E-state index contributed by atoms with van der Waals surface area (Å²) in [6.07, 6.45) is 3.39. The fourth-order valence-corrected chi connectivity index (χ4v) is 4.71. The van der Waals surface area contributed by atoms with E-state index in [0.717, 1.165) is 24.8 Å². The summed E-state index contributed by atoms with van der Waals surface area (Å²) in [6, 6.07) is 6.05. The molecule has 0 fully saturated rings. The van der Waals surface area contributed by atoms with E-state index in [2.05, 4.69) is 25.2 Å². The van der Waals surface area contributed by atoms with E-state index < -0.39 is 17.4 Å². The summed E-state index contributed by atoms with van der Waals surface area (Å²) in [6.45, 7) is 14.9. The van der Waals surface area contributed by atoms with Gasteiger partial charge in [-0.15, -0.1) is 0 Å². The second-order valence-electron chi connectivity index (χ2n) is 12.5. The van der Waals surface area contributed by atoms with Crippen molar-refractivity contribution >= 4 is 17.8 Å². The van der Waals surface area contributed by atoms with Crippen LogP contribution in [0.15, 0.2) is 18.2 Å². The maximum Gasteiger partial charge on any atom is 0.305 e. The van der Waals surface area contributed by atoms with Crippen molar-refractivity contribution in [1.29, 1.82) is 0 Å². The number of esters is 1. The highest BCUT2D eigenvalue weighted by Gasteiger charge is 2.31. The summed E-state index contributed by atoms with van der Waals surface area (Å²) in [5.41, 5.74) is 5.77. The number of nitrogens with one attached hydrogen (secondary N) is 1. The van der Waals surface area contributed by atoms with E-state index in [9.17, 15) is 14.4 Å². The van der Waals surface area contributed by atoms with Crippen molar-refractivity contribution in [3.05, 3.63) is 23.8 Å². The van der Waals surface area contributed by atoms with Gasteiger partial charge in [0.1, 0.15) is 6.10 Å². The van der Waals surface area contributed by atoms with E-state index in [0.29, 0.717) is 49.4 Å². The van der Waals surface area contributed by atoms with E-state index >= 15 is 0 Å². The van der Waals surface area contributed by atoms with Crippen LogP contribution in [-0.4, -0.2) is 57.9 Å². The van der Waals surface area contributed by atoms with Gasteiger partial charge in [-0.05, 0) is 75.0 Å². The first-order valence-electron chi connectivity index (χ1n) is 15.3. The Morgan fingerprint density at radius 2 is 1.67 bits per heavy atom. The van der Waals surface area contributed by atoms with Crippen LogP contribution in [0.1, 0.15) is 86.1 Å². The molecule has 1 rings (SSSR count). The molecule has 0 radical (unpaired) electrons. The number of benzene rings is 1. The molecule has 0 saturated heterocycles. The van der Waals surface area contributed by atoms with Gasteiger partial charge in [0.15, 0.2) is 11.5 Å². The van der Waals surface area contributed by atoms with Crippen molar-refractivity contribution in [3.63, 3.8) is 0 Å². The predicted molar refractivity (Wildman–Crippen MR) is 165 cm³/mol. The molecule has 0 bridgehead atoms. The number of rotatable bonds is 21. The lowest BCUT2D eigenvalue weighted by molar-refractivity contribution is -0.151. The number of hydrogen-bond acceptors (Lipinski definition) is 7. The molecular formula is C33H56N2O7. The second-order valence-corrected chi connectivity index (χ2v) is 12.5. The van der Waals surface area contributed by atoms with E-state index in [4.69, 9.17) is 24.7 Å². The van der Waals surface area contributed by atoms with Gasteiger partial charge in [-0.2, -0.15) is 0 Å². The van der Waals surface area contributed by atoms with Crippen molar-refractivity contribution in [3.8, 4) is 11.5 Å². The molecule has 0 heterocycles. The lowest BCUT2D eigenvalue weighted by Crippen LogP contribution is -2.45. The molecule has 0 aliphatic carbocycles. The predicted octanol–water partition coefficient (Wildman–Crippen LogP) is 5.32. The Kier molecular flexibility index (Phi) is 16.5. The molecule has 2 amide bonds. The first-order valence-corrected chi connectivity index (χ1v) is 15.3. The van der Waals surface area contributed by atoms with Crippen LogP contribution < -0.4 is 20.5 Å². The van der Waals surface area contributed by atoms with Gasteiger partial charge in [-0.25, -0.2) is 0 Å². The smallest absolute Gasteiger partial charge is 0.305 e. The molecule has 1 aromatic carbocycles.